The second-order valence-electron chi connectivity index (χ2n) is 6.96. The molecule has 0 aromatic carbocycles. The smallest absolute Gasteiger partial charge is 0.191 e. The van der Waals surface area contributed by atoms with Crippen LogP contribution in [-0.2, 0) is 0 Å². The summed E-state index contributed by atoms with van der Waals surface area (Å²) in [7, 11) is 1.86. The third-order valence-corrected chi connectivity index (χ3v) is 5.96. The van der Waals surface area contributed by atoms with Gasteiger partial charge in [0, 0.05) is 19.6 Å². The summed E-state index contributed by atoms with van der Waals surface area (Å²) in [5, 5.41) is 11.5. The van der Waals surface area contributed by atoms with Crippen molar-refractivity contribution in [3.63, 3.8) is 0 Å². The van der Waals surface area contributed by atoms with Gasteiger partial charge in [-0.05, 0) is 74.9 Å². The SMILES string of the molecule is CCN(CC)CCCC(C)NC(=NC)NCC(c1ccsc1)N(CC)CC.I. The molecule has 1 heterocycles. The molecule has 1 rings (SSSR count). The second kappa shape index (κ2) is 16.4. The highest BCUT2D eigenvalue weighted by Gasteiger charge is 2.19. The number of thiophene rings is 1. The fourth-order valence-corrected chi connectivity index (χ4v) is 4.15. The van der Waals surface area contributed by atoms with E-state index in [0.29, 0.717) is 12.1 Å². The van der Waals surface area contributed by atoms with Crippen LogP contribution in [0, 0.1) is 0 Å². The van der Waals surface area contributed by atoms with Gasteiger partial charge in [-0.25, -0.2) is 0 Å². The summed E-state index contributed by atoms with van der Waals surface area (Å²) in [6, 6.07) is 3.03. The van der Waals surface area contributed by atoms with Crippen molar-refractivity contribution in [1.82, 2.24) is 20.4 Å². The molecule has 7 heteroatoms. The standard InChI is InChI=1S/C21H41N5S.HI/c1-7-25(8-2)14-11-12-18(5)24-21(22-6)23-16-20(26(9-3)10-4)19-13-15-27-17-19;/h13,15,17-18,20H,7-12,14,16H2,1-6H3,(H2,22,23,24);1H. The minimum Gasteiger partial charge on any atom is -0.354 e. The molecular formula is C21H42IN5S. The van der Waals surface area contributed by atoms with Crippen LogP contribution in [0.15, 0.2) is 21.8 Å². The fourth-order valence-electron chi connectivity index (χ4n) is 3.44. The van der Waals surface area contributed by atoms with E-state index in [1.54, 1.807) is 11.3 Å². The van der Waals surface area contributed by atoms with Gasteiger partial charge in [0.05, 0.1) is 6.04 Å². The van der Waals surface area contributed by atoms with Crippen LogP contribution in [-0.4, -0.2) is 68.1 Å². The first-order valence-electron chi connectivity index (χ1n) is 10.5. The molecule has 2 atom stereocenters. The molecule has 2 unspecified atom stereocenters. The summed E-state index contributed by atoms with van der Waals surface area (Å²) >= 11 is 1.77. The van der Waals surface area contributed by atoms with Crippen LogP contribution < -0.4 is 10.6 Å². The molecule has 0 aliphatic heterocycles. The van der Waals surface area contributed by atoms with Crippen LogP contribution in [0.1, 0.15) is 59.1 Å². The first-order valence-corrected chi connectivity index (χ1v) is 11.5. The Bertz CT molecular complexity index is 501. The summed E-state index contributed by atoms with van der Waals surface area (Å²) in [6.45, 7) is 17.6. The van der Waals surface area contributed by atoms with Gasteiger partial charge in [0.15, 0.2) is 5.96 Å². The number of likely N-dealkylation sites (N-methyl/N-ethyl adjacent to an activating group) is 1. The Morgan fingerprint density at radius 3 is 2.32 bits per heavy atom. The van der Waals surface area contributed by atoms with Gasteiger partial charge in [-0.15, -0.1) is 24.0 Å². The molecule has 1 aromatic heterocycles. The molecule has 0 saturated heterocycles. The van der Waals surface area contributed by atoms with Crippen molar-refractivity contribution in [2.45, 2.75) is 59.5 Å². The minimum absolute atomic E-state index is 0. The van der Waals surface area contributed by atoms with E-state index in [1.807, 2.05) is 7.05 Å². The van der Waals surface area contributed by atoms with Crippen molar-refractivity contribution in [2.75, 3.05) is 46.3 Å². The van der Waals surface area contributed by atoms with Crippen LogP contribution in [0.4, 0.5) is 0 Å². The van der Waals surface area contributed by atoms with Crippen molar-refractivity contribution >= 4 is 41.3 Å². The zero-order valence-electron chi connectivity index (χ0n) is 18.7. The molecule has 2 N–H and O–H groups in total. The molecule has 0 bridgehead atoms. The minimum atomic E-state index is 0. The first-order chi connectivity index (χ1) is 13.1. The number of aliphatic imine (C=N–C) groups is 1. The Morgan fingerprint density at radius 2 is 1.82 bits per heavy atom. The average Bonchev–Trinajstić information content (AvgIpc) is 3.21. The summed E-state index contributed by atoms with van der Waals surface area (Å²) in [5.41, 5.74) is 1.39. The number of guanidine groups is 1. The van der Waals surface area contributed by atoms with Gasteiger partial charge in [-0.3, -0.25) is 9.89 Å². The lowest BCUT2D eigenvalue weighted by Crippen LogP contribution is -2.46. The van der Waals surface area contributed by atoms with Gasteiger partial charge in [-0.1, -0.05) is 27.7 Å². The molecule has 28 heavy (non-hydrogen) atoms. The Kier molecular flexibility index (Phi) is 16.2. The highest BCUT2D eigenvalue weighted by Crippen LogP contribution is 2.22. The molecular weight excluding hydrogens is 481 g/mol. The number of hydrogen-bond acceptors (Lipinski definition) is 4. The topological polar surface area (TPSA) is 42.9 Å². The van der Waals surface area contributed by atoms with E-state index in [-0.39, 0.29) is 24.0 Å². The van der Waals surface area contributed by atoms with Crippen molar-refractivity contribution in [2.24, 2.45) is 4.99 Å². The lowest BCUT2D eigenvalue weighted by atomic mass is 10.1. The Labute approximate surface area is 194 Å². The second-order valence-corrected chi connectivity index (χ2v) is 7.74. The molecule has 0 fully saturated rings. The van der Waals surface area contributed by atoms with Crippen molar-refractivity contribution in [3.8, 4) is 0 Å². The quantitative estimate of drug-likeness (QED) is 0.228. The third-order valence-electron chi connectivity index (χ3n) is 5.26. The molecule has 0 saturated carbocycles. The highest BCUT2D eigenvalue weighted by molar-refractivity contribution is 14.0. The predicted molar refractivity (Wildman–Crippen MR) is 136 cm³/mol. The summed E-state index contributed by atoms with van der Waals surface area (Å²) < 4.78 is 0. The molecule has 164 valence electrons. The van der Waals surface area contributed by atoms with Gasteiger partial charge in [0.1, 0.15) is 0 Å². The molecule has 0 spiro atoms. The number of rotatable bonds is 13. The van der Waals surface area contributed by atoms with Crippen molar-refractivity contribution < 1.29 is 0 Å². The number of halogens is 1. The van der Waals surface area contributed by atoms with Crippen molar-refractivity contribution in [1.29, 1.82) is 0 Å². The van der Waals surface area contributed by atoms with Gasteiger partial charge < -0.3 is 15.5 Å². The summed E-state index contributed by atoms with van der Waals surface area (Å²) in [6.07, 6.45) is 2.37. The Morgan fingerprint density at radius 1 is 1.14 bits per heavy atom. The number of hydrogen-bond donors (Lipinski definition) is 2. The van der Waals surface area contributed by atoms with E-state index < -0.39 is 0 Å². The largest absolute Gasteiger partial charge is 0.354 e. The van der Waals surface area contributed by atoms with Gasteiger partial charge in [0.25, 0.3) is 0 Å². The van der Waals surface area contributed by atoms with Crippen LogP contribution in [0.25, 0.3) is 0 Å². The van der Waals surface area contributed by atoms with Crippen LogP contribution in [0.3, 0.4) is 0 Å². The van der Waals surface area contributed by atoms with E-state index >= 15 is 0 Å². The number of nitrogens with zero attached hydrogens (tertiary/aromatic N) is 3. The van der Waals surface area contributed by atoms with E-state index in [9.17, 15) is 0 Å². The summed E-state index contributed by atoms with van der Waals surface area (Å²) in [5.74, 6) is 0.901. The fraction of sp³-hybridized carbons (Fsp3) is 0.762. The molecule has 1 aromatic rings. The van der Waals surface area contributed by atoms with Crippen LogP contribution >= 0.6 is 35.3 Å². The van der Waals surface area contributed by atoms with Gasteiger partial charge in [0.2, 0.25) is 0 Å². The Balaban J connectivity index is 0.00000729. The van der Waals surface area contributed by atoms with E-state index in [2.05, 4.69) is 76.9 Å². The normalized spacial score (nSPS) is 14.1. The zero-order valence-corrected chi connectivity index (χ0v) is 21.8. The number of nitrogens with one attached hydrogen (secondary N) is 2. The van der Waals surface area contributed by atoms with Gasteiger partial charge in [-0.2, -0.15) is 11.3 Å². The summed E-state index contributed by atoms with van der Waals surface area (Å²) in [4.78, 5) is 9.41. The third kappa shape index (κ3) is 9.89. The maximum atomic E-state index is 4.44. The van der Waals surface area contributed by atoms with Crippen LogP contribution in [0.5, 0.6) is 0 Å². The lowest BCUT2D eigenvalue weighted by Gasteiger charge is -2.30. The molecule has 0 aliphatic rings. The maximum absolute atomic E-state index is 4.44. The maximum Gasteiger partial charge on any atom is 0.191 e. The highest BCUT2D eigenvalue weighted by atomic mass is 127. The van der Waals surface area contributed by atoms with Gasteiger partial charge >= 0.3 is 0 Å². The zero-order chi connectivity index (χ0) is 20.1. The van der Waals surface area contributed by atoms with Crippen LogP contribution in [0.2, 0.25) is 0 Å². The first kappa shape index (κ1) is 27.6. The lowest BCUT2D eigenvalue weighted by molar-refractivity contribution is 0.219. The monoisotopic (exact) mass is 523 g/mol. The van der Waals surface area contributed by atoms with E-state index in [0.717, 1.165) is 45.1 Å². The Hall–Kier alpha value is -0.380. The molecule has 0 aliphatic carbocycles. The van der Waals surface area contributed by atoms with E-state index in [1.165, 1.54) is 18.5 Å². The van der Waals surface area contributed by atoms with E-state index in [4.69, 9.17) is 0 Å². The molecule has 0 amide bonds. The molecule has 0 radical (unpaired) electrons. The molecule has 5 nitrogen and oxygen atoms in total. The van der Waals surface area contributed by atoms with Crippen molar-refractivity contribution in [3.05, 3.63) is 22.4 Å². The average molecular weight is 524 g/mol. The predicted octanol–water partition coefficient (Wildman–Crippen LogP) is 4.42.